The van der Waals surface area contributed by atoms with Gasteiger partial charge in [-0.05, 0) is 49.1 Å². The van der Waals surface area contributed by atoms with E-state index in [4.69, 9.17) is 8.92 Å². The van der Waals surface area contributed by atoms with Gasteiger partial charge in [-0.25, -0.2) is 0 Å². The molecule has 23 heavy (non-hydrogen) atoms. The average Bonchev–Trinajstić information content (AvgIpc) is 3.00. The molecular formula is C18H20O4S. The van der Waals surface area contributed by atoms with Crippen molar-refractivity contribution in [3.8, 4) is 5.75 Å². The molecule has 4 nitrogen and oxygen atoms in total. The van der Waals surface area contributed by atoms with Crippen molar-refractivity contribution in [2.75, 3.05) is 13.2 Å². The van der Waals surface area contributed by atoms with Crippen LogP contribution in [-0.4, -0.2) is 21.6 Å². The molecular weight excluding hydrogens is 312 g/mol. The van der Waals surface area contributed by atoms with Gasteiger partial charge in [0, 0.05) is 6.42 Å². The van der Waals surface area contributed by atoms with Gasteiger partial charge in [0.05, 0.1) is 18.1 Å². The highest BCUT2D eigenvalue weighted by Gasteiger charge is 2.15. The zero-order chi connectivity index (χ0) is 16.3. The lowest BCUT2D eigenvalue weighted by Gasteiger charge is -2.07. The van der Waals surface area contributed by atoms with Crippen molar-refractivity contribution in [1.82, 2.24) is 0 Å². The van der Waals surface area contributed by atoms with E-state index in [1.165, 1.54) is 11.1 Å². The fourth-order valence-electron chi connectivity index (χ4n) is 2.61. The van der Waals surface area contributed by atoms with Crippen molar-refractivity contribution >= 4 is 10.1 Å². The first-order chi connectivity index (χ1) is 11.0. The summed E-state index contributed by atoms with van der Waals surface area (Å²) < 4.78 is 34.7. The van der Waals surface area contributed by atoms with E-state index in [-0.39, 0.29) is 11.5 Å². The maximum Gasteiger partial charge on any atom is 0.296 e. The van der Waals surface area contributed by atoms with Crippen LogP contribution < -0.4 is 4.74 Å². The van der Waals surface area contributed by atoms with Gasteiger partial charge in [-0.2, -0.15) is 8.42 Å². The molecule has 0 N–H and O–H groups in total. The second kappa shape index (κ2) is 6.72. The van der Waals surface area contributed by atoms with Gasteiger partial charge in [0.1, 0.15) is 5.75 Å². The zero-order valence-corrected chi connectivity index (χ0v) is 13.9. The molecule has 1 aliphatic rings. The summed E-state index contributed by atoms with van der Waals surface area (Å²) in [6, 6.07) is 12.8. The van der Waals surface area contributed by atoms with E-state index in [1.807, 2.05) is 19.1 Å². The monoisotopic (exact) mass is 332 g/mol. The minimum absolute atomic E-state index is 0.184. The molecule has 0 amide bonds. The smallest absolute Gasteiger partial charge is 0.296 e. The van der Waals surface area contributed by atoms with Crippen LogP contribution in [0, 0.1) is 6.92 Å². The molecule has 2 aromatic rings. The average molecular weight is 332 g/mol. The van der Waals surface area contributed by atoms with Gasteiger partial charge in [-0.15, -0.1) is 0 Å². The second-order valence-corrected chi connectivity index (χ2v) is 7.35. The first kappa shape index (κ1) is 16.0. The summed E-state index contributed by atoms with van der Waals surface area (Å²) in [6.07, 6.45) is 2.39. The summed E-state index contributed by atoms with van der Waals surface area (Å²) >= 11 is 0. The summed E-state index contributed by atoms with van der Waals surface area (Å²) in [7, 11) is -3.66. The van der Waals surface area contributed by atoms with Crippen LogP contribution >= 0.6 is 0 Å². The topological polar surface area (TPSA) is 52.6 Å². The SMILES string of the molecule is Cc1ccc(S(=O)(=O)OCCCc2ccc3c(c2)CCO3)cc1. The van der Waals surface area contributed by atoms with Gasteiger partial charge < -0.3 is 4.74 Å². The van der Waals surface area contributed by atoms with E-state index in [1.54, 1.807) is 24.3 Å². The Labute approximate surface area is 137 Å². The number of hydrogen-bond donors (Lipinski definition) is 0. The quantitative estimate of drug-likeness (QED) is 0.602. The molecule has 0 radical (unpaired) electrons. The minimum atomic E-state index is -3.66. The first-order valence-corrected chi connectivity index (χ1v) is 9.16. The van der Waals surface area contributed by atoms with Crippen molar-refractivity contribution in [3.63, 3.8) is 0 Å². The molecule has 0 saturated heterocycles. The molecule has 0 aliphatic carbocycles. The molecule has 0 unspecified atom stereocenters. The Balaban J connectivity index is 1.52. The van der Waals surface area contributed by atoms with Crippen LogP contribution in [0.4, 0.5) is 0 Å². The minimum Gasteiger partial charge on any atom is -0.493 e. The largest absolute Gasteiger partial charge is 0.493 e. The molecule has 0 saturated carbocycles. The van der Waals surface area contributed by atoms with Crippen LogP contribution in [0.5, 0.6) is 5.75 Å². The molecule has 0 bridgehead atoms. The zero-order valence-electron chi connectivity index (χ0n) is 13.1. The number of hydrogen-bond acceptors (Lipinski definition) is 4. The molecule has 0 fully saturated rings. The lowest BCUT2D eigenvalue weighted by Crippen LogP contribution is -2.08. The molecule has 122 valence electrons. The Morgan fingerprint density at radius 2 is 1.91 bits per heavy atom. The summed E-state index contributed by atoms with van der Waals surface area (Å²) in [5.41, 5.74) is 3.44. The highest BCUT2D eigenvalue weighted by molar-refractivity contribution is 7.86. The van der Waals surface area contributed by atoms with Crippen molar-refractivity contribution in [2.45, 2.75) is 31.1 Å². The van der Waals surface area contributed by atoms with Gasteiger partial charge in [-0.3, -0.25) is 4.18 Å². The summed E-state index contributed by atoms with van der Waals surface area (Å²) in [4.78, 5) is 0.206. The van der Waals surface area contributed by atoms with Crippen LogP contribution in [0.15, 0.2) is 47.4 Å². The standard InChI is InChI=1S/C18H20O4S/c1-14-4-7-17(8-5-14)23(19,20)22-11-2-3-15-6-9-18-16(13-15)10-12-21-18/h4-9,13H,2-3,10-12H2,1H3. The fourth-order valence-corrected chi connectivity index (χ4v) is 3.56. The Hall–Kier alpha value is -1.85. The highest BCUT2D eigenvalue weighted by atomic mass is 32.2. The van der Waals surface area contributed by atoms with E-state index >= 15 is 0 Å². The first-order valence-electron chi connectivity index (χ1n) is 7.75. The van der Waals surface area contributed by atoms with Gasteiger partial charge in [-0.1, -0.05) is 29.8 Å². The molecule has 1 aliphatic heterocycles. The molecule has 2 aromatic carbocycles. The number of rotatable bonds is 6. The van der Waals surface area contributed by atoms with Gasteiger partial charge in [0.15, 0.2) is 0 Å². The van der Waals surface area contributed by atoms with E-state index in [0.29, 0.717) is 6.42 Å². The third kappa shape index (κ3) is 3.92. The Morgan fingerprint density at radius 3 is 2.70 bits per heavy atom. The van der Waals surface area contributed by atoms with Gasteiger partial charge in [0.25, 0.3) is 10.1 Å². The van der Waals surface area contributed by atoms with Crippen LogP contribution in [0.3, 0.4) is 0 Å². The highest BCUT2D eigenvalue weighted by Crippen LogP contribution is 2.26. The maximum atomic E-state index is 12.1. The molecule has 3 rings (SSSR count). The third-order valence-corrected chi connectivity index (χ3v) is 5.24. The van der Waals surface area contributed by atoms with E-state index in [9.17, 15) is 8.42 Å². The third-order valence-electron chi connectivity index (χ3n) is 3.91. The van der Waals surface area contributed by atoms with Crippen LogP contribution in [0.1, 0.15) is 23.1 Å². The summed E-state index contributed by atoms with van der Waals surface area (Å²) in [5.74, 6) is 0.965. The van der Waals surface area contributed by atoms with Crippen LogP contribution in [-0.2, 0) is 27.1 Å². The van der Waals surface area contributed by atoms with E-state index in [2.05, 4.69) is 6.07 Å². The normalized spacial score (nSPS) is 13.6. The molecule has 1 heterocycles. The van der Waals surface area contributed by atoms with Crippen molar-refractivity contribution < 1.29 is 17.3 Å². The lowest BCUT2D eigenvalue weighted by atomic mass is 10.1. The maximum absolute atomic E-state index is 12.1. The Kier molecular flexibility index (Phi) is 4.68. The van der Waals surface area contributed by atoms with Gasteiger partial charge in [0.2, 0.25) is 0 Å². The molecule has 5 heteroatoms. The van der Waals surface area contributed by atoms with Crippen LogP contribution in [0.2, 0.25) is 0 Å². The van der Waals surface area contributed by atoms with Gasteiger partial charge >= 0.3 is 0 Å². The van der Waals surface area contributed by atoms with E-state index < -0.39 is 10.1 Å². The number of benzene rings is 2. The Bertz CT molecular complexity index is 779. The Morgan fingerprint density at radius 1 is 1.13 bits per heavy atom. The number of ether oxygens (including phenoxy) is 1. The molecule has 0 aromatic heterocycles. The summed E-state index contributed by atoms with van der Waals surface area (Å²) in [5, 5.41) is 0. The van der Waals surface area contributed by atoms with Crippen molar-refractivity contribution in [2.24, 2.45) is 0 Å². The lowest BCUT2D eigenvalue weighted by molar-refractivity contribution is 0.312. The summed E-state index contributed by atoms with van der Waals surface area (Å²) in [6.45, 7) is 2.85. The van der Waals surface area contributed by atoms with Crippen molar-refractivity contribution in [1.29, 1.82) is 0 Å². The predicted molar refractivity (Wildman–Crippen MR) is 88.3 cm³/mol. The van der Waals surface area contributed by atoms with Crippen LogP contribution in [0.25, 0.3) is 0 Å². The molecule has 0 spiro atoms. The fraction of sp³-hybridized carbons (Fsp3) is 0.333. The predicted octanol–water partition coefficient (Wildman–Crippen LogP) is 3.27. The second-order valence-electron chi connectivity index (χ2n) is 5.73. The van der Waals surface area contributed by atoms with E-state index in [0.717, 1.165) is 30.8 Å². The number of aryl methyl sites for hydroxylation is 2. The number of fused-ring (bicyclic) bond motifs is 1. The molecule has 0 atom stereocenters. The van der Waals surface area contributed by atoms with Crippen molar-refractivity contribution in [3.05, 3.63) is 59.2 Å².